The van der Waals surface area contributed by atoms with Crippen LogP contribution in [0.3, 0.4) is 0 Å². The zero-order chi connectivity index (χ0) is 10.2. The summed E-state index contributed by atoms with van der Waals surface area (Å²) in [4.78, 5) is 0.418. The summed E-state index contributed by atoms with van der Waals surface area (Å²) >= 11 is 0. The molecule has 76 valence electrons. The first-order valence-electron chi connectivity index (χ1n) is 4.65. The zero-order valence-electron chi connectivity index (χ0n) is 7.76. The third-order valence-electron chi connectivity index (χ3n) is 2.63. The van der Waals surface area contributed by atoms with Crippen LogP contribution in [0.2, 0.25) is 0 Å². The maximum Gasteiger partial charge on any atom is 0.181 e. The predicted molar refractivity (Wildman–Crippen MR) is 54.6 cm³/mol. The standard InChI is InChI=1S/C10H13NO2S/c11-7-8-6-10(8)14(12,13)9-4-2-1-3-5-9/h1-5,8,10H,6-7,11H2/t8-,10+/m1/s1. The molecule has 3 nitrogen and oxygen atoms in total. The minimum atomic E-state index is -3.11. The summed E-state index contributed by atoms with van der Waals surface area (Å²) in [6.07, 6.45) is 0.716. The first kappa shape index (κ1) is 9.68. The van der Waals surface area contributed by atoms with Crippen molar-refractivity contribution in [2.75, 3.05) is 6.54 Å². The third-order valence-corrected chi connectivity index (χ3v) is 4.93. The number of benzene rings is 1. The van der Waals surface area contributed by atoms with E-state index in [1.807, 2.05) is 6.07 Å². The van der Waals surface area contributed by atoms with Crippen molar-refractivity contribution in [3.05, 3.63) is 30.3 Å². The molecule has 0 spiro atoms. The van der Waals surface area contributed by atoms with Crippen LogP contribution in [-0.4, -0.2) is 20.2 Å². The van der Waals surface area contributed by atoms with Crippen molar-refractivity contribution in [2.24, 2.45) is 11.7 Å². The molecule has 0 heterocycles. The van der Waals surface area contributed by atoms with Crippen LogP contribution in [-0.2, 0) is 9.84 Å². The van der Waals surface area contributed by atoms with E-state index in [0.29, 0.717) is 17.9 Å². The minimum Gasteiger partial charge on any atom is -0.330 e. The Bertz CT molecular complexity index is 413. The van der Waals surface area contributed by atoms with Crippen LogP contribution in [0.25, 0.3) is 0 Å². The molecule has 4 heteroatoms. The predicted octanol–water partition coefficient (Wildman–Crippen LogP) is 0.808. The number of hydrogen-bond acceptors (Lipinski definition) is 3. The Kier molecular flexibility index (Phi) is 2.33. The molecule has 1 aromatic carbocycles. The second-order valence-electron chi connectivity index (χ2n) is 3.63. The molecule has 2 rings (SSSR count). The van der Waals surface area contributed by atoms with Gasteiger partial charge in [0, 0.05) is 0 Å². The molecular formula is C10H13NO2S. The topological polar surface area (TPSA) is 60.2 Å². The van der Waals surface area contributed by atoms with Crippen LogP contribution in [0.15, 0.2) is 35.2 Å². The summed E-state index contributed by atoms with van der Waals surface area (Å²) in [7, 11) is -3.11. The number of nitrogens with two attached hydrogens (primary N) is 1. The molecule has 1 aliphatic carbocycles. The molecule has 14 heavy (non-hydrogen) atoms. The van der Waals surface area contributed by atoms with Crippen LogP contribution in [0, 0.1) is 5.92 Å². The van der Waals surface area contributed by atoms with Crippen LogP contribution in [0.4, 0.5) is 0 Å². The summed E-state index contributed by atoms with van der Waals surface area (Å²) in [6.45, 7) is 0.469. The van der Waals surface area contributed by atoms with Crippen molar-refractivity contribution < 1.29 is 8.42 Å². The molecule has 0 amide bonds. The molecule has 1 aliphatic rings. The largest absolute Gasteiger partial charge is 0.330 e. The van der Waals surface area contributed by atoms with Gasteiger partial charge in [-0.1, -0.05) is 18.2 Å². The molecule has 0 saturated heterocycles. The first-order valence-corrected chi connectivity index (χ1v) is 6.20. The van der Waals surface area contributed by atoms with E-state index in [-0.39, 0.29) is 11.2 Å². The molecule has 1 fully saturated rings. The van der Waals surface area contributed by atoms with Gasteiger partial charge in [-0.05, 0) is 31.0 Å². The summed E-state index contributed by atoms with van der Waals surface area (Å²) < 4.78 is 23.8. The van der Waals surface area contributed by atoms with Gasteiger partial charge in [-0.15, -0.1) is 0 Å². The maximum atomic E-state index is 11.9. The molecule has 0 bridgehead atoms. The van der Waals surface area contributed by atoms with Crippen LogP contribution >= 0.6 is 0 Å². The van der Waals surface area contributed by atoms with Crippen LogP contribution in [0.5, 0.6) is 0 Å². The van der Waals surface area contributed by atoms with Gasteiger partial charge in [-0.25, -0.2) is 8.42 Å². The van der Waals surface area contributed by atoms with Crippen molar-refractivity contribution in [2.45, 2.75) is 16.6 Å². The van der Waals surface area contributed by atoms with Gasteiger partial charge >= 0.3 is 0 Å². The Morgan fingerprint density at radius 3 is 2.43 bits per heavy atom. The molecule has 0 radical (unpaired) electrons. The molecule has 1 aromatic rings. The van der Waals surface area contributed by atoms with E-state index in [1.54, 1.807) is 24.3 Å². The van der Waals surface area contributed by atoms with Crippen molar-refractivity contribution in [1.29, 1.82) is 0 Å². The van der Waals surface area contributed by atoms with Crippen molar-refractivity contribution in [3.63, 3.8) is 0 Å². The SMILES string of the molecule is NC[C@H]1C[C@@H]1S(=O)(=O)c1ccccc1. The normalized spacial score (nSPS) is 26.1. The van der Waals surface area contributed by atoms with E-state index in [0.717, 1.165) is 0 Å². The van der Waals surface area contributed by atoms with Gasteiger partial charge in [0.1, 0.15) is 0 Å². The van der Waals surface area contributed by atoms with Crippen molar-refractivity contribution >= 4 is 9.84 Å². The number of hydrogen-bond donors (Lipinski definition) is 1. The van der Waals surface area contributed by atoms with Gasteiger partial charge in [0.15, 0.2) is 9.84 Å². The van der Waals surface area contributed by atoms with Crippen LogP contribution in [0.1, 0.15) is 6.42 Å². The summed E-state index contributed by atoms with van der Waals surface area (Å²) in [5.74, 6) is 0.167. The van der Waals surface area contributed by atoms with Crippen LogP contribution < -0.4 is 5.73 Å². The smallest absolute Gasteiger partial charge is 0.181 e. The third kappa shape index (κ3) is 1.55. The highest BCUT2D eigenvalue weighted by atomic mass is 32.2. The van der Waals surface area contributed by atoms with E-state index in [4.69, 9.17) is 5.73 Å². The zero-order valence-corrected chi connectivity index (χ0v) is 8.57. The molecule has 2 atom stereocenters. The Hall–Kier alpha value is -0.870. The molecule has 0 aromatic heterocycles. The monoisotopic (exact) mass is 211 g/mol. The number of sulfone groups is 1. The lowest BCUT2D eigenvalue weighted by Gasteiger charge is -2.02. The van der Waals surface area contributed by atoms with Gasteiger partial charge in [0.05, 0.1) is 10.1 Å². The fraction of sp³-hybridized carbons (Fsp3) is 0.400. The highest BCUT2D eigenvalue weighted by Crippen LogP contribution is 2.39. The minimum absolute atomic E-state index is 0.167. The maximum absolute atomic E-state index is 11.9. The van der Waals surface area contributed by atoms with Gasteiger partial charge < -0.3 is 5.73 Å². The Morgan fingerprint density at radius 1 is 1.29 bits per heavy atom. The van der Waals surface area contributed by atoms with Gasteiger partial charge in [0.25, 0.3) is 0 Å². The van der Waals surface area contributed by atoms with E-state index in [9.17, 15) is 8.42 Å². The van der Waals surface area contributed by atoms with Gasteiger partial charge in [-0.2, -0.15) is 0 Å². The first-order chi connectivity index (χ1) is 6.66. The second-order valence-corrected chi connectivity index (χ2v) is 5.79. The van der Waals surface area contributed by atoms with Gasteiger partial charge in [0.2, 0.25) is 0 Å². The fourth-order valence-electron chi connectivity index (χ4n) is 1.63. The summed E-state index contributed by atoms with van der Waals surface area (Å²) in [6, 6.07) is 8.58. The van der Waals surface area contributed by atoms with E-state index in [2.05, 4.69) is 0 Å². The lowest BCUT2D eigenvalue weighted by Crippen LogP contribution is -2.13. The molecule has 2 N–H and O–H groups in total. The van der Waals surface area contributed by atoms with E-state index >= 15 is 0 Å². The summed E-state index contributed by atoms with van der Waals surface area (Å²) in [5.41, 5.74) is 5.43. The molecule has 1 saturated carbocycles. The van der Waals surface area contributed by atoms with E-state index < -0.39 is 9.84 Å². The van der Waals surface area contributed by atoms with Gasteiger partial charge in [-0.3, -0.25) is 0 Å². The number of rotatable bonds is 3. The lowest BCUT2D eigenvalue weighted by molar-refractivity contribution is 0.592. The fourth-order valence-corrected chi connectivity index (χ4v) is 3.64. The Balaban J connectivity index is 2.27. The lowest BCUT2D eigenvalue weighted by atomic mass is 10.4. The molecular weight excluding hydrogens is 198 g/mol. The average molecular weight is 211 g/mol. The second kappa shape index (κ2) is 3.37. The van der Waals surface area contributed by atoms with E-state index in [1.165, 1.54) is 0 Å². The molecule has 0 aliphatic heterocycles. The Labute approximate surface area is 83.9 Å². The Morgan fingerprint density at radius 2 is 1.93 bits per heavy atom. The quantitative estimate of drug-likeness (QED) is 0.804. The van der Waals surface area contributed by atoms with Crippen molar-refractivity contribution in [3.8, 4) is 0 Å². The highest BCUT2D eigenvalue weighted by Gasteiger charge is 2.46. The molecule has 0 unspecified atom stereocenters. The van der Waals surface area contributed by atoms with Crippen molar-refractivity contribution in [1.82, 2.24) is 0 Å². The summed E-state index contributed by atoms with van der Waals surface area (Å²) in [5, 5.41) is -0.241. The highest BCUT2D eigenvalue weighted by molar-refractivity contribution is 7.92. The average Bonchev–Trinajstić information content (AvgIpc) is 2.98.